The zero-order valence-corrected chi connectivity index (χ0v) is 15.6. The van der Waals surface area contributed by atoms with E-state index in [9.17, 15) is 0 Å². The fraction of sp³-hybridized carbons (Fsp3) is 0.438. The molecule has 2 aromatic rings. The molecule has 1 aromatic carbocycles. The first-order valence-electron chi connectivity index (χ1n) is 7.34. The number of benzene rings is 1. The number of hydrogen-bond donors (Lipinski definition) is 1. The van der Waals surface area contributed by atoms with Gasteiger partial charge in [0.25, 0.3) is 0 Å². The molecule has 1 N–H and O–H groups in total. The van der Waals surface area contributed by atoms with Gasteiger partial charge in [0.1, 0.15) is 5.82 Å². The van der Waals surface area contributed by atoms with Crippen LogP contribution in [0.5, 0.6) is 0 Å². The molecule has 0 saturated carbocycles. The molecule has 0 aliphatic heterocycles. The average molecular weight is 415 g/mol. The largest absolute Gasteiger partial charge is 0.335 e. The van der Waals surface area contributed by atoms with Crippen LogP contribution in [0.4, 0.5) is 0 Å². The third kappa shape index (κ3) is 4.41. The summed E-state index contributed by atoms with van der Waals surface area (Å²) in [6.07, 6.45) is 5.97. The van der Waals surface area contributed by atoms with Gasteiger partial charge in [-0.3, -0.25) is 0 Å². The minimum Gasteiger partial charge on any atom is -0.335 e. The van der Waals surface area contributed by atoms with Crippen molar-refractivity contribution in [1.82, 2.24) is 14.9 Å². The van der Waals surface area contributed by atoms with Gasteiger partial charge in [-0.1, -0.05) is 51.8 Å². The SMILES string of the molecule is CCCn1ccnc1CC(NCC)c1ccc(Br)cc1Br. The highest BCUT2D eigenvalue weighted by molar-refractivity contribution is 9.11. The second-order valence-electron chi connectivity index (χ2n) is 5.02. The monoisotopic (exact) mass is 413 g/mol. The Labute approximate surface area is 143 Å². The zero-order chi connectivity index (χ0) is 15.2. The first kappa shape index (κ1) is 16.7. The van der Waals surface area contributed by atoms with Gasteiger partial charge in [-0.25, -0.2) is 4.98 Å². The first-order valence-corrected chi connectivity index (χ1v) is 8.92. The van der Waals surface area contributed by atoms with Gasteiger partial charge in [-0.15, -0.1) is 0 Å². The number of nitrogens with zero attached hydrogens (tertiary/aromatic N) is 2. The zero-order valence-electron chi connectivity index (χ0n) is 12.4. The molecule has 0 spiro atoms. The molecule has 1 heterocycles. The van der Waals surface area contributed by atoms with E-state index in [0.717, 1.165) is 40.7 Å². The number of likely N-dealkylation sites (N-methyl/N-ethyl adjacent to an activating group) is 1. The van der Waals surface area contributed by atoms with Gasteiger partial charge < -0.3 is 9.88 Å². The van der Waals surface area contributed by atoms with Gasteiger partial charge in [-0.05, 0) is 30.7 Å². The number of rotatable bonds is 7. The van der Waals surface area contributed by atoms with Gasteiger partial charge in [-0.2, -0.15) is 0 Å². The van der Waals surface area contributed by atoms with Gasteiger partial charge in [0.05, 0.1) is 0 Å². The Morgan fingerprint density at radius 1 is 1.29 bits per heavy atom. The van der Waals surface area contributed by atoms with Gasteiger partial charge in [0, 0.05) is 40.3 Å². The number of hydrogen-bond acceptors (Lipinski definition) is 2. The van der Waals surface area contributed by atoms with Crippen LogP contribution >= 0.6 is 31.9 Å². The Balaban J connectivity index is 2.24. The molecule has 3 nitrogen and oxygen atoms in total. The smallest absolute Gasteiger partial charge is 0.110 e. The van der Waals surface area contributed by atoms with Crippen molar-refractivity contribution in [3.8, 4) is 0 Å². The van der Waals surface area contributed by atoms with E-state index < -0.39 is 0 Å². The molecule has 0 amide bonds. The van der Waals surface area contributed by atoms with E-state index in [-0.39, 0.29) is 6.04 Å². The van der Waals surface area contributed by atoms with Crippen LogP contribution < -0.4 is 5.32 Å². The molecule has 1 atom stereocenters. The molecule has 1 unspecified atom stereocenters. The lowest BCUT2D eigenvalue weighted by molar-refractivity contribution is 0.514. The normalized spacial score (nSPS) is 12.6. The molecule has 0 radical (unpaired) electrons. The summed E-state index contributed by atoms with van der Waals surface area (Å²) in [5.74, 6) is 1.14. The summed E-state index contributed by atoms with van der Waals surface area (Å²) in [5.41, 5.74) is 1.27. The molecule has 21 heavy (non-hydrogen) atoms. The Morgan fingerprint density at radius 2 is 2.10 bits per heavy atom. The van der Waals surface area contributed by atoms with E-state index in [2.05, 4.69) is 85.0 Å². The second kappa shape index (κ2) is 8.11. The summed E-state index contributed by atoms with van der Waals surface area (Å²) < 4.78 is 4.45. The fourth-order valence-electron chi connectivity index (χ4n) is 2.48. The summed E-state index contributed by atoms with van der Waals surface area (Å²) >= 11 is 7.18. The van der Waals surface area contributed by atoms with Crippen molar-refractivity contribution in [3.63, 3.8) is 0 Å². The summed E-state index contributed by atoms with van der Waals surface area (Å²) in [5, 5.41) is 3.57. The van der Waals surface area contributed by atoms with E-state index in [1.807, 2.05) is 6.20 Å². The summed E-state index contributed by atoms with van der Waals surface area (Å²) in [6, 6.07) is 6.60. The number of nitrogens with one attached hydrogen (secondary N) is 1. The fourth-order valence-corrected chi connectivity index (χ4v) is 3.80. The lowest BCUT2D eigenvalue weighted by atomic mass is 10.0. The third-order valence-corrected chi connectivity index (χ3v) is 4.62. The van der Waals surface area contributed by atoms with E-state index in [0.29, 0.717) is 0 Å². The molecular weight excluding hydrogens is 394 g/mol. The van der Waals surface area contributed by atoms with Crippen molar-refractivity contribution >= 4 is 31.9 Å². The van der Waals surface area contributed by atoms with E-state index in [4.69, 9.17) is 0 Å². The highest BCUT2D eigenvalue weighted by atomic mass is 79.9. The first-order chi connectivity index (χ1) is 10.2. The summed E-state index contributed by atoms with van der Waals surface area (Å²) in [6.45, 7) is 6.28. The second-order valence-corrected chi connectivity index (χ2v) is 6.79. The quantitative estimate of drug-likeness (QED) is 0.710. The minimum absolute atomic E-state index is 0.260. The molecule has 2 rings (SSSR count). The van der Waals surface area contributed by atoms with Crippen LogP contribution in [0.1, 0.15) is 37.7 Å². The standard InChI is InChI=1S/C16H21Br2N3/c1-3-8-21-9-7-20-16(21)11-15(19-4-2)13-6-5-12(17)10-14(13)18/h5-7,9-10,15,19H,3-4,8,11H2,1-2H3. The van der Waals surface area contributed by atoms with E-state index in [1.165, 1.54) is 5.56 Å². The molecule has 0 saturated heterocycles. The Bertz CT molecular complexity index is 581. The molecule has 0 aliphatic carbocycles. The van der Waals surface area contributed by atoms with Crippen LogP contribution in [0.15, 0.2) is 39.5 Å². The summed E-state index contributed by atoms with van der Waals surface area (Å²) in [7, 11) is 0. The number of aromatic nitrogens is 2. The van der Waals surface area contributed by atoms with Crippen LogP contribution in [0.3, 0.4) is 0 Å². The van der Waals surface area contributed by atoms with Crippen LogP contribution in [0, 0.1) is 0 Å². The average Bonchev–Trinajstić information content (AvgIpc) is 2.86. The Morgan fingerprint density at radius 3 is 2.76 bits per heavy atom. The maximum absolute atomic E-state index is 4.53. The molecule has 5 heteroatoms. The highest BCUT2D eigenvalue weighted by Gasteiger charge is 2.17. The molecule has 0 aliphatic rings. The van der Waals surface area contributed by atoms with Crippen LogP contribution in [-0.2, 0) is 13.0 Å². The number of imidazole rings is 1. The van der Waals surface area contributed by atoms with E-state index >= 15 is 0 Å². The molecule has 0 fully saturated rings. The Kier molecular flexibility index (Phi) is 6.45. The Hall–Kier alpha value is -0.650. The minimum atomic E-state index is 0.260. The lowest BCUT2D eigenvalue weighted by Gasteiger charge is -2.20. The van der Waals surface area contributed by atoms with Crippen molar-refractivity contribution in [2.75, 3.05) is 6.54 Å². The van der Waals surface area contributed by atoms with Crippen molar-refractivity contribution in [2.45, 2.75) is 39.3 Å². The van der Waals surface area contributed by atoms with Gasteiger partial charge in [0.15, 0.2) is 0 Å². The van der Waals surface area contributed by atoms with Crippen molar-refractivity contribution < 1.29 is 0 Å². The molecule has 114 valence electrons. The highest BCUT2D eigenvalue weighted by Crippen LogP contribution is 2.28. The lowest BCUT2D eigenvalue weighted by Crippen LogP contribution is -2.24. The molecule has 0 bridgehead atoms. The number of halogens is 2. The van der Waals surface area contributed by atoms with E-state index in [1.54, 1.807) is 0 Å². The van der Waals surface area contributed by atoms with Crippen LogP contribution in [-0.4, -0.2) is 16.1 Å². The van der Waals surface area contributed by atoms with Crippen molar-refractivity contribution in [3.05, 3.63) is 50.9 Å². The predicted octanol–water partition coefficient (Wildman–Crippen LogP) is 4.71. The molecular formula is C16H21Br2N3. The van der Waals surface area contributed by atoms with Gasteiger partial charge >= 0.3 is 0 Å². The number of aryl methyl sites for hydroxylation is 1. The summed E-state index contributed by atoms with van der Waals surface area (Å²) in [4.78, 5) is 4.53. The van der Waals surface area contributed by atoms with Crippen LogP contribution in [0.2, 0.25) is 0 Å². The van der Waals surface area contributed by atoms with Crippen molar-refractivity contribution in [1.29, 1.82) is 0 Å². The predicted molar refractivity (Wildman–Crippen MR) is 94.5 cm³/mol. The maximum Gasteiger partial charge on any atom is 0.110 e. The third-order valence-electron chi connectivity index (χ3n) is 3.44. The molecule has 1 aromatic heterocycles. The topological polar surface area (TPSA) is 29.9 Å². The van der Waals surface area contributed by atoms with Crippen LogP contribution in [0.25, 0.3) is 0 Å². The van der Waals surface area contributed by atoms with Crippen molar-refractivity contribution in [2.24, 2.45) is 0 Å². The maximum atomic E-state index is 4.53. The van der Waals surface area contributed by atoms with Gasteiger partial charge in [0.2, 0.25) is 0 Å².